The van der Waals surface area contributed by atoms with Gasteiger partial charge in [0.2, 0.25) is 5.88 Å². The van der Waals surface area contributed by atoms with E-state index in [0.717, 1.165) is 43.0 Å². The van der Waals surface area contributed by atoms with Crippen LogP contribution in [0, 0.1) is 18.3 Å². The number of benzene rings is 1. The van der Waals surface area contributed by atoms with Crippen LogP contribution >= 0.6 is 0 Å². The number of hydrogen-bond acceptors (Lipinski definition) is 5. The van der Waals surface area contributed by atoms with Gasteiger partial charge in [-0.25, -0.2) is 9.97 Å². The molecular weight excluding hydrogens is 326 g/mol. The predicted molar refractivity (Wildman–Crippen MR) is 100 cm³/mol. The molecule has 0 spiro atoms. The number of nitriles is 1. The van der Waals surface area contributed by atoms with Crippen LogP contribution in [0.25, 0.3) is 11.0 Å². The van der Waals surface area contributed by atoms with Crippen molar-refractivity contribution in [1.82, 2.24) is 14.5 Å². The first kappa shape index (κ1) is 16.4. The molecule has 132 valence electrons. The number of fused-ring (bicyclic) bond motifs is 1. The summed E-state index contributed by atoms with van der Waals surface area (Å²) in [6, 6.07) is 12.8. The first-order chi connectivity index (χ1) is 12.7. The van der Waals surface area contributed by atoms with Gasteiger partial charge in [-0.1, -0.05) is 12.1 Å². The van der Waals surface area contributed by atoms with Gasteiger partial charge >= 0.3 is 0 Å². The van der Waals surface area contributed by atoms with Gasteiger partial charge in [-0.2, -0.15) is 5.26 Å². The number of hydrogen-bond donors (Lipinski definition) is 0. The fourth-order valence-electron chi connectivity index (χ4n) is 3.88. The van der Waals surface area contributed by atoms with E-state index in [4.69, 9.17) is 9.72 Å². The summed E-state index contributed by atoms with van der Waals surface area (Å²) in [5.74, 6) is 1.60. The fourth-order valence-corrected chi connectivity index (χ4v) is 3.88. The van der Waals surface area contributed by atoms with Gasteiger partial charge < -0.3 is 14.2 Å². The van der Waals surface area contributed by atoms with Crippen molar-refractivity contribution in [3.63, 3.8) is 0 Å². The summed E-state index contributed by atoms with van der Waals surface area (Å²) in [4.78, 5) is 11.1. The second kappa shape index (κ2) is 6.68. The lowest BCUT2D eigenvalue weighted by Crippen LogP contribution is -2.35. The second-order valence-electron chi connectivity index (χ2n) is 6.59. The lowest BCUT2D eigenvalue weighted by Gasteiger charge is -2.35. The highest BCUT2D eigenvalue weighted by Crippen LogP contribution is 2.32. The van der Waals surface area contributed by atoms with E-state index in [1.807, 2.05) is 12.1 Å². The van der Waals surface area contributed by atoms with Crippen LogP contribution in [0.2, 0.25) is 0 Å². The molecule has 1 aromatic carbocycles. The zero-order valence-corrected chi connectivity index (χ0v) is 15.0. The van der Waals surface area contributed by atoms with E-state index < -0.39 is 0 Å². The second-order valence-corrected chi connectivity index (χ2v) is 6.59. The monoisotopic (exact) mass is 347 g/mol. The zero-order chi connectivity index (χ0) is 18.1. The Balaban J connectivity index is 1.58. The molecule has 1 fully saturated rings. The van der Waals surface area contributed by atoms with Crippen molar-refractivity contribution >= 4 is 16.7 Å². The number of rotatable bonds is 3. The van der Waals surface area contributed by atoms with Crippen molar-refractivity contribution in [2.45, 2.75) is 25.8 Å². The molecule has 1 aliphatic rings. The number of aromatic nitrogens is 3. The highest BCUT2D eigenvalue weighted by molar-refractivity contribution is 5.76. The number of ether oxygens (including phenoxy) is 1. The molecule has 0 aliphatic carbocycles. The number of nitrogens with zero attached hydrogens (tertiary/aromatic N) is 5. The average Bonchev–Trinajstić information content (AvgIpc) is 3.03. The molecule has 26 heavy (non-hydrogen) atoms. The normalized spacial score (nSPS) is 15.2. The summed E-state index contributed by atoms with van der Waals surface area (Å²) in [6.07, 6.45) is 3.61. The number of imidazole rings is 1. The lowest BCUT2D eigenvalue weighted by atomic mass is 10.0. The van der Waals surface area contributed by atoms with Gasteiger partial charge in [0.1, 0.15) is 11.9 Å². The summed E-state index contributed by atoms with van der Waals surface area (Å²) in [5, 5.41) is 9.40. The Hall–Kier alpha value is -3.07. The van der Waals surface area contributed by atoms with Crippen LogP contribution in [-0.2, 0) is 0 Å². The van der Waals surface area contributed by atoms with Crippen LogP contribution in [-0.4, -0.2) is 34.7 Å². The fraction of sp³-hybridized carbons (Fsp3) is 0.350. The third kappa shape index (κ3) is 2.76. The van der Waals surface area contributed by atoms with E-state index in [1.165, 1.54) is 5.52 Å². The molecule has 0 N–H and O–H groups in total. The quantitative estimate of drug-likeness (QED) is 0.726. The van der Waals surface area contributed by atoms with Crippen molar-refractivity contribution in [2.24, 2.45) is 0 Å². The first-order valence-corrected chi connectivity index (χ1v) is 8.84. The Kier molecular flexibility index (Phi) is 4.21. The van der Waals surface area contributed by atoms with Gasteiger partial charge in [-0.3, -0.25) is 0 Å². The largest absolute Gasteiger partial charge is 0.481 e. The number of para-hydroxylation sites is 2. The van der Waals surface area contributed by atoms with Crippen molar-refractivity contribution < 1.29 is 4.74 Å². The first-order valence-electron chi connectivity index (χ1n) is 8.84. The summed E-state index contributed by atoms with van der Waals surface area (Å²) < 4.78 is 7.60. The molecule has 6 heteroatoms. The van der Waals surface area contributed by atoms with E-state index in [2.05, 4.69) is 45.6 Å². The summed E-state index contributed by atoms with van der Waals surface area (Å²) >= 11 is 0. The molecule has 0 bridgehead atoms. The van der Waals surface area contributed by atoms with Crippen LogP contribution in [0.4, 0.5) is 5.69 Å². The van der Waals surface area contributed by atoms with Crippen molar-refractivity contribution in [1.29, 1.82) is 5.26 Å². The van der Waals surface area contributed by atoms with E-state index in [0.29, 0.717) is 17.5 Å². The van der Waals surface area contributed by atoms with Crippen LogP contribution in [0.15, 0.2) is 36.5 Å². The van der Waals surface area contributed by atoms with Crippen molar-refractivity contribution in [2.75, 3.05) is 25.1 Å². The molecule has 3 aromatic rings. The number of pyridine rings is 1. The molecule has 0 atom stereocenters. The number of methoxy groups -OCH3 is 1. The standard InChI is InChI=1S/C20H21N5O/c1-14-23-17-5-3-4-6-18(17)25(14)16-7-9-24(10-8-16)19-11-20(26-2)22-13-15(19)12-21/h3-6,11,13,16H,7-10H2,1-2H3. The van der Waals surface area contributed by atoms with E-state index in [9.17, 15) is 5.26 Å². The maximum Gasteiger partial charge on any atom is 0.215 e. The van der Waals surface area contributed by atoms with Crippen LogP contribution in [0.5, 0.6) is 5.88 Å². The minimum absolute atomic E-state index is 0.424. The third-order valence-corrected chi connectivity index (χ3v) is 5.13. The van der Waals surface area contributed by atoms with Crippen LogP contribution in [0.1, 0.15) is 30.3 Å². The Morgan fingerprint density at radius 1 is 1.23 bits per heavy atom. The number of piperidine rings is 1. The summed E-state index contributed by atoms with van der Waals surface area (Å²) in [7, 11) is 1.59. The number of anilines is 1. The van der Waals surface area contributed by atoms with E-state index >= 15 is 0 Å². The molecule has 0 unspecified atom stereocenters. The molecule has 0 amide bonds. The Bertz CT molecular complexity index is 980. The van der Waals surface area contributed by atoms with Crippen molar-refractivity contribution in [3.8, 4) is 11.9 Å². The van der Waals surface area contributed by atoms with Crippen LogP contribution < -0.4 is 9.64 Å². The molecule has 6 nitrogen and oxygen atoms in total. The summed E-state index contributed by atoms with van der Waals surface area (Å²) in [5.41, 5.74) is 3.75. The molecule has 3 heterocycles. The van der Waals surface area contributed by atoms with Gasteiger partial charge in [-0.15, -0.1) is 0 Å². The van der Waals surface area contributed by atoms with Gasteiger partial charge in [0, 0.05) is 25.2 Å². The molecular formula is C20H21N5O. The number of aryl methyl sites for hydroxylation is 1. The van der Waals surface area contributed by atoms with Crippen LogP contribution in [0.3, 0.4) is 0 Å². The molecule has 0 radical (unpaired) electrons. The third-order valence-electron chi connectivity index (χ3n) is 5.13. The Labute approximate surface area is 152 Å². The SMILES string of the molecule is COc1cc(N2CCC(n3c(C)nc4ccccc43)CC2)c(C#N)cn1. The van der Waals surface area contributed by atoms with Gasteiger partial charge in [0.05, 0.1) is 35.6 Å². The highest BCUT2D eigenvalue weighted by atomic mass is 16.5. The smallest absolute Gasteiger partial charge is 0.215 e. The average molecular weight is 347 g/mol. The minimum atomic E-state index is 0.424. The minimum Gasteiger partial charge on any atom is -0.481 e. The Morgan fingerprint density at radius 3 is 2.73 bits per heavy atom. The molecule has 0 saturated carbocycles. The lowest BCUT2D eigenvalue weighted by molar-refractivity contribution is 0.391. The maximum absolute atomic E-state index is 9.40. The van der Waals surface area contributed by atoms with E-state index in [1.54, 1.807) is 13.3 Å². The molecule has 1 saturated heterocycles. The molecule has 4 rings (SSSR count). The van der Waals surface area contributed by atoms with Gasteiger partial charge in [0.25, 0.3) is 0 Å². The van der Waals surface area contributed by atoms with E-state index in [-0.39, 0.29) is 0 Å². The van der Waals surface area contributed by atoms with Crippen molar-refractivity contribution in [3.05, 3.63) is 47.9 Å². The molecule has 2 aromatic heterocycles. The topological polar surface area (TPSA) is 67.0 Å². The molecule has 1 aliphatic heterocycles. The predicted octanol–water partition coefficient (Wildman–Crippen LogP) is 3.46. The highest BCUT2D eigenvalue weighted by Gasteiger charge is 2.25. The van der Waals surface area contributed by atoms with Gasteiger partial charge in [-0.05, 0) is 31.9 Å². The zero-order valence-electron chi connectivity index (χ0n) is 15.0. The maximum atomic E-state index is 9.40. The Morgan fingerprint density at radius 2 is 2.00 bits per heavy atom. The van der Waals surface area contributed by atoms with Gasteiger partial charge in [0.15, 0.2) is 0 Å². The summed E-state index contributed by atoms with van der Waals surface area (Å²) in [6.45, 7) is 3.85.